The highest BCUT2D eigenvalue weighted by Gasteiger charge is 2.21. The first kappa shape index (κ1) is 19.1. The third-order valence-electron chi connectivity index (χ3n) is 4.42. The van der Waals surface area contributed by atoms with E-state index < -0.39 is 0 Å². The van der Waals surface area contributed by atoms with Crippen LogP contribution in [0.2, 0.25) is 0 Å². The summed E-state index contributed by atoms with van der Waals surface area (Å²) in [6, 6.07) is 8.02. The van der Waals surface area contributed by atoms with Crippen molar-refractivity contribution >= 4 is 18.3 Å². The standard InChI is InChI=1S/C18H19FN6O.ClH/c19-12-1-3-14(4-2-12)25-10-7-13(24-25)5-9-21-18(26)17-15-11-20-8-6-16(15)22-23-17;/h1-4,7,10,20H,5-6,8-9,11H2,(H,21,26)(H,22,23);1H. The second-order valence-corrected chi connectivity index (χ2v) is 6.19. The minimum atomic E-state index is -0.278. The van der Waals surface area contributed by atoms with Crippen molar-refractivity contribution in [2.24, 2.45) is 0 Å². The van der Waals surface area contributed by atoms with Crippen molar-refractivity contribution in [1.29, 1.82) is 0 Å². The van der Waals surface area contributed by atoms with E-state index in [4.69, 9.17) is 0 Å². The van der Waals surface area contributed by atoms with Crippen LogP contribution < -0.4 is 10.6 Å². The number of benzene rings is 1. The molecular formula is C18H20ClFN6O. The SMILES string of the molecule is Cl.O=C(NCCc1ccn(-c2ccc(F)cc2)n1)c1n[nH]c2c1CNCC2. The van der Waals surface area contributed by atoms with Crippen LogP contribution in [0.4, 0.5) is 4.39 Å². The molecule has 0 unspecified atom stereocenters. The van der Waals surface area contributed by atoms with Gasteiger partial charge in [0.1, 0.15) is 5.82 Å². The molecule has 4 rings (SSSR count). The van der Waals surface area contributed by atoms with E-state index in [1.807, 2.05) is 12.3 Å². The molecule has 1 aliphatic heterocycles. The van der Waals surface area contributed by atoms with Crippen LogP contribution >= 0.6 is 12.4 Å². The zero-order chi connectivity index (χ0) is 17.9. The summed E-state index contributed by atoms with van der Waals surface area (Å²) in [5, 5.41) is 17.7. The highest BCUT2D eigenvalue weighted by Crippen LogP contribution is 2.15. The van der Waals surface area contributed by atoms with Crippen molar-refractivity contribution in [3.8, 4) is 5.69 Å². The molecule has 0 spiro atoms. The second-order valence-electron chi connectivity index (χ2n) is 6.19. The average molecular weight is 391 g/mol. The van der Waals surface area contributed by atoms with E-state index in [-0.39, 0.29) is 24.1 Å². The van der Waals surface area contributed by atoms with Gasteiger partial charge < -0.3 is 10.6 Å². The molecule has 3 N–H and O–H groups in total. The van der Waals surface area contributed by atoms with Crippen LogP contribution in [-0.2, 0) is 19.4 Å². The van der Waals surface area contributed by atoms with Gasteiger partial charge >= 0.3 is 0 Å². The fourth-order valence-corrected chi connectivity index (χ4v) is 3.03. The van der Waals surface area contributed by atoms with E-state index >= 15 is 0 Å². The molecule has 0 radical (unpaired) electrons. The number of hydrogen-bond donors (Lipinski definition) is 3. The molecule has 0 fully saturated rings. The molecule has 7 nitrogen and oxygen atoms in total. The Morgan fingerprint density at radius 1 is 1.26 bits per heavy atom. The number of nitrogens with one attached hydrogen (secondary N) is 3. The Labute approximate surface area is 161 Å². The number of fused-ring (bicyclic) bond motifs is 1. The molecule has 0 bridgehead atoms. The van der Waals surface area contributed by atoms with Crippen LogP contribution in [0.3, 0.4) is 0 Å². The van der Waals surface area contributed by atoms with Crippen LogP contribution in [-0.4, -0.2) is 39.0 Å². The van der Waals surface area contributed by atoms with Crippen molar-refractivity contribution in [3.63, 3.8) is 0 Å². The highest BCUT2D eigenvalue weighted by atomic mass is 35.5. The molecular weight excluding hydrogens is 371 g/mol. The monoisotopic (exact) mass is 390 g/mol. The lowest BCUT2D eigenvalue weighted by Gasteiger charge is -2.12. The topological polar surface area (TPSA) is 87.6 Å². The Morgan fingerprint density at radius 2 is 2.07 bits per heavy atom. The number of nitrogens with zero attached hydrogens (tertiary/aromatic N) is 3. The molecule has 9 heteroatoms. The molecule has 0 atom stereocenters. The van der Waals surface area contributed by atoms with E-state index in [0.29, 0.717) is 25.2 Å². The Kier molecular flexibility index (Phi) is 5.88. The zero-order valence-electron chi connectivity index (χ0n) is 14.5. The number of hydrogen-bond acceptors (Lipinski definition) is 4. The smallest absolute Gasteiger partial charge is 0.272 e. The van der Waals surface area contributed by atoms with Gasteiger partial charge in [0.2, 0.25) is 0 Å². The van der Waals surface area contributed by atoms with E-state index in [9.17, 15) is 9.18 Å². The van der Waals surface area contributed by atoms with Crippen molar-refractivity contribution in [3.05, 3.63) is 65.0 Å². The van der Waals surface area contributed by atoms with Crippen LogP contribution in [0, 0.1) is 5.82 Å². The normalized spacial score (nSPS) is 12.9. The average Bonchev–Trinajstić information content (AvgIpc) is 3.29. The lowest BCUT2D eigenvalue weighted by molar-refractivity contribution is 0.0948. The second kappa shape index (κ2) is 8.32. The number of H-pyrrole nitrogens is 1. The zero-order valence-corrected chi connectivity index (χ0v) is 15.4. The van der Waals surface area contributed by atoms with Gasteiger partial charge in [-0.2, -0.15) is 10.2 Å². The van der Waals surface area contributed by atoms with E-state index in [1.54, 1.807) is 16.8 Å². The van der Waals surface area contributed by atoms with Crippen molar-refractivity contribution in [1.82, 2.24) is 30.6 Å². The first-order valence-corrected chi connectivity index (χ1v) is 8.56. The van der Waals surface area contributed by atoms with Crippen LogP contribution in [0.5, 0.6) is 0 Å². The third-order valence-corrected chi connectivity index (χ3v) is 4.42. The summed E-state index contributed by atoms with van der Waals surface area (Å²) in [7, 11) is 0. The van der Waals surface area contributed by atoms with Crippen LogP contribution in [0.25, 0.3) is 5.69 Å². The number of aromatic amines is 1. The number of aromatic nitrogens is 4. The molecule has 1 aliphatic rings. The van der Waals surface area contributed by atoms with Crippen molar-refractivity contribution in [2.75, 3.05) is 13.1 Å². The van der Waals surface area contributed by atoms with E-state index in [1.165, 1.54) is 12.1 Å². The number of amides is 1. The molecule has 27 heavy (non-hydrogen) atoms. The van der Waals surface area contributed by atoms with Gasteiger partial charge in [0.25, 0.3) is 5.91 Å². The minimum absolute atomic E-state index is 0. The molecule has 2 aromatic heterocycles. The Hall–Kier alpha value is -2.71. The summed E-state index contributed by atoms with van der Waals surface area (Å²) in [6.45, 7) is 2.03. The van der Waals surface area contributed by atoms with Gasteiger partial charge in [0.05, 0.1) is 11.4 Å². The maximum atomic E-state index is 13.0. The molecule has 3 aromatic rings. The summed E-state index contributed by atoms with van der Waals surface area (Å²) >= 11 is 0. The largest absolute Gasteiger partial charge is 0.350 e. The summed E-state index contributed by atoms with van der Waals surface area (Å²) in [4.78, 5) is 12.3. The molecule has 3 heterocycles. The maximum absolute atomic E-state index is 13.0. The molecule has 0 saturated carbocycles. The Morgan fingerprint density at radius 3 is 2.89 bits per heavy atom. The van der Waals surface area contributed by atoms with Gasteiger partial charge in [0, 0.05) is 49.9 Å². The number of halogens is 2. The first-order chi connectivity index (χ1) is 12.7. The van der Waals surface area contributed by atoms with Gasteiger partial charge in [-0.3, -0.25) is 9.89 Å². The molecule has 0 aliphatic carbocycles. The van der Waals surface area contributed by atoms with E-state index in [0.717, 1.165) is 35.6 Å². The summed E-state index contributed by atoms with van der Waals surface area (Å²) in [5.41, 5.74) is 4.09. The lowest BCUT2D eigenvalue weighted by Crippen LogP contribution is -2.29. The highest BCUT2D eigenvalue weighted by molar-refractivity contribution is 5.94. The Balaban J connectivity index is 0.00000210. The molecule has 142 valence electrons. The third kappa shape index (κ3) is 4.17. The summed E-state index contributed by atoms with van der Waals surface area (Å²) in [5.74, 6) is -0.455. The molecule has 0 saturated heterocycles. The van der Waals surface area contributed by atoms with Crippen LogP contribution in [0.1, 0.15) is 27.4 Å². The number of carbonyl (C=O) groups is 1. The van der Waals surface area contributed by atoms with Gasteiger partial charge in [0.15, 0.2) is 5.69 Å². The summed E-state index contributed by atoms with van der Waals surface area (Å²) in [6.07, 6.45) is 3.28. The van der Waals surface area contributed by atoms with Gasteiger partial charge in [-0.25, -0.2) is 9.07 Å². The quantitative estimate of drug-likeness (QED) is 0.619. The maximum Gasteiger partial charge on any atom is 0.272 e. The van der Waals surface area contributed by atoms with E-state index in [2.05, 4.69) is 25.9 Å². The fraction of sp³-hybridized carbons (Fsp3) is 0.278. The predicted octanol–water partition coefficient (Wildman–Crippen LogP) is 1.77. The molecule has 1 aromatic carbocycles. The molecule has 1 amide bonds. The van der Waals surface area contributed by atoms with Gasteiger partial charge in [-0.1, -0.05) is 0 Å². The minimum Gasteiger partial charge on any atom is -0.350 e. The predicted molar refractivity (Wildman–Crippen MR) is 101 cm³/mol. The van der Waals surface area contributed by atoms with Crippen LogP contribution in [0.15, 0.2) is 36.5 Å². The first-order valence-electron chi connectivity index (χ1n) is 8.56. The van der Waals surface area contributed by atoms with Gasteiger partial charge in [-0.15, -0.1) is 12.4 Å². The lowest BCUT2D eigenvalue weighted by atomic mass is 10.1. The van der Waals surface area contributed by atoms with Crippen molar-refractivity contribution < 1.29 is 9.18 Å². The number of rotatable bonds is 5. The summed E-state index contributed by atoms with van der Waals surface area (Å²) < 4.78 is 14.7. The Bertz CT molecular complexity index is 920. The number of carbonyl (C=O) groups excluding carboxylic acids is 1. The fourth-order valence-electron chi connectivity index (χ4n) is 3.03. The van der Waals surface area contributed by atoms with Crippen molar-refractivity contribution in [2.45, 2.75) is 19.4 Å². The van der Waals surface area contributed by atoms with Gasteiger partial charge in [-0.05, 0) is 30.3 Å².